The molecule has 0 aromatic rings. The minimum atomic E-state index is -0.286. The highest BCUT2D eigenvalue weighted by Gasteiger charge is 2.41. The predicted octanol–water partition coefficient (Wildman–Crippen LogP) is 1.60. The van der Waals surface area contributed by atoms with Crippen LogP contribution in [0, 0.1) is 0 Å². The smallest absolute Gasteiger partial charge is 0.0650 e. The molecule has 2 aliphatic rings. The summed E-state index contributed by atoms with van der Waals surface area (Å²) in [7, 11) is 0. The van der Waals surface area contributed by atoms with Gasteiger partial charge in [0.05, 0.1) is 11.2 Å². The van der Waals surface area contributed by atoms with Crippen LogP contribution in [-0.4, -0.2) is 21.4 Å². The van der Waals surface area contributed by atoms with Gasteiger partial charge in [-0.2, -0.15) is 0 Å². The van der Waals surface area contributed by atoms with Crippen molar-refractivity contribution in [3.05, 3.63) is 0 Å². The molecule has 2 fully saturated rings. The highest BCUT2D eigenvalue weighted by Crippen LogP contribution is 2.42. The Labute approximate surface area is 73.6 Å². The molecule has 0 bridgehead atoms. The van der Waals surface area contributed by atoms with E-state index in [2.05, 4.69) is 0 Å². The van der Waals surface area contributed by atoms with Gasteiger partial charge in [0.1, 0.15) is 0 Å². The van der Waals surface area contributed by atoms with Crippen LogP contribution in [0.3, 0.4) is 0 Å². The fourth-order valence-corrected chi connectivity index (χ4v) is 1.70. The topological polar surface area (TPSA) is 40.5 Å². The van der Waals surface area contributed by atoms with Crippen molar-refractivity contribution in [2.24, 2.45) is 0 Å². The van der Waals surface area contributed by atoms with Crippen LogP contribution in [0.2, 0.25) is 0 Å². The van der Waals surface area contributed by atoms with Gasteiger partial charge in [-0.3, -0.25) is 0 Å². The zero-order valence-corrected chi connectivity index (χ0v) is 7.55. The average molecular weight is 170 g/mol. The Morgan fingerprint density at radius 1 is 0.750 bits per heavy atom. The van der Waals surface area contributed by atoms with Crippen molar-refractivity contribution in [1.29, 1.82) is 0 Å². The summed E-state index contributed by atoms with van der Waals surface area (Å²) in [5.74, 6) is 0. The van der Waals surface area contributed by atoms with E-state index in [0.29, 0.717) is 0 Å². The number of hydrogen-bond donors (Lipinski definition) is 2. The van der Waals surface area contributed by atoms with Crippen molar-refractivity contribution in [3.8, 4) is 0 Å². The van der Waals surface area contributed by atoms with Gasteiger partial charge in [-0.05, 0) is 38.5 Å². The number of aliphatic hydroxyl groups is 2. The van der Waals surface area contributed by atoms with Gasteiger partial charge in [-0.15, -0.1) is 0 Å². The largest absolute Gasteiger partial charge is 0.390 e. The molecule has 70 valence electrons. The van der Waals surface area contributed by atoms with E-state index >= 15 is 0 Å². The molecule has 0 atom stereocenters. The van der Waals surface area contributed by atoms with Crippen LogP contribution in [0.25, 0.3) is 0 Å². The molecule has 0 amide bonds. The van der Waals surface area contributed by atoms with Gasteiger partial charge >= 0.3 is 0 Å². The quantitative estimate of drug-likeness (QED) is 0.615. The minimum absolute atomic E-state index is 0.286. The summed E-state index contributed by atoms with van der Waals surface area (Å²) in [6.45, 7) is 0. The van der Waals surface area contributed by atoms with Crippen molar-refractivity contribution in [2.75, 3.05) is 0 Å². The van der Waals surface area contributed by atoms with E-state index in [4.69, 9.17) is 0 Å². The molecule has 0 spiro atoms. The summed E-state index contributed by atoms with van der Waals surface area (Å²) in [6.07, 6.45) is 8.05. The molecule has 2 N–H and O–H groups in total. The van der Waals surface area contributed by atoms with E-state index in [-0.39, 0.29) is 11.2 Å². The fourth-order valence-electron chi connectivity index (χ4n) is 1.70. The Morgan fingerprint density at radius 2 is 1.08 bits per heavy atom. The second kappa shape index (κ2) is 2.71. The van der Waals surface area contributed by atoms with E-state index in [1.54, 1.807) is 0 Å². The first kappa shape index (κ1) is 8.52. The van der Waals surface area contributed by atoms with Crippen LogP contribution >= 0.6 is 0 Å². The monoisotopic (exact) mass is 170 g/mol. The first-order valence-electron chi connectivity index (χ1n) is 5.07. The van der Waals surface area contributed by atoms with E-state index in [0.717, 1.165) is 51.4 Å². The molecule has 12 heavy (non-hydrogen) atoms. The van der Waals surface area contributed by atoms with Crippen LogP contribution in [-0.2, 0) is 0 Å². The molecule has 0 aromatic heterocycles. The standard InChI is InChI=1S/C10H18O2/c11-9(5-6-9)3-1-2-4-10(12)7-8-10/h11-12H,1-8H2. The first-order valence-corrected chi connectivity index (χ1v) is 5.07. The number of hydrogen-bond acceptors (Lipinski definition) is 2. The fraction of sp³-hybridized carbons (Fsp3) is 1.00. The molecule has 2 rings (SSSR count). The summed E-state index contributed by atoms with van der Waals surface area (Å²) >= 11 is 0. The third kappa shape index (κ3) is 2.20. The molecule has 2 saturated carbocycles. The lowest BCUT2D eigenvalue weighted by Gasteiger charge is -2.09. The average Bonchev–Trinajstić information content (AvgIpc) is 2.89. The summed E-state index contributed by atoms with van der Waals surface area (Å²) in [6, 6.07) is 0. The lowest BCUT2D eigenvalue weighted by molar-refractivity contribution is 0.120. The second-order valence-corrected chi connectivity index (χ2v) is 4.66. The van der Waals surface area contributed by atoms with Crippen molar-refractivity contribution in [1.82, 2.24) is 0 Å². The third-order valence-corrected chi connectivity index (χ3v) is 3.19. The van der Waals surface area contributed by atoms with Gasteiger partial charge in [0, 0.05) is 0 Å². The number of unbranched alkanes of at least 4 members (excludes halogenated alkanes) is 1. The van der Waals surface area contributed by atoms with E-state index in [1.807, 2.05) is 0 Å². The zero-order chi connectivity index (χ0) is 8.66. The lowest BCUT2D eigenvalue weighted by Crippen LogP contribution is -2.09. The first-order chi connectivity index (χ1) is 5.62. The molecular weight excluding hydrogens is 152 g/mol. The Bertz CT molecular complexity index is 149. The summed E-state index contributed by atoms with van der Waals surface area (Å²) in [5, 5.41) is 19.0. The Balaban J connectivity index is 1.52. The van der Waals surface area contributed by atoms with Crippen molar-refractivity contribution >= 4 is 0 Å². The normalized spacial score (nSPS) is 28.5. The predicted molar refractivity (Wildman–Crippen MR) is 46.8 cm³/mol. The van der Waals surface area contributed by atoms with E-state index in [1.165, 1.54) is 0 Å². The highest BCUT2D eigenvalue weighted by molar-refractivity contribution is 4.95. The van der Waals surface area contributed by atoms with Crippen LogP contribution in [0.4, 0.5) is 0 Å². The molecule has 2 aliphatic carbocycles. The maximum atomic E-state index is 9.51. The van der Waals surface area contributed by atoms with Gasteiger partial charge < -0.3 is 10.2 Å². The van der Waals surface area contributed by atoms with Gasteiger partial charge in [-0.1, -0.05) is 12.8 Å². The summed E-state index contributed by atoms with van der Waals surface area (Å²) in [5.41, 5.74) is -0.571. The number of rotatable bonds is 5. The molecule has 2 heteroatoms. The van der Waals surface area contributed by atoms with Crippen molar-refractivity contribution in [3.63, 3.8) is 0 Å². The van der Waals surface area contributed by atoms with Crippen LogP contribution in [0.15, 0.2) is 0 Å². The molecule has 0 aromatic carbocycles. The molecule has 2 nitrogen and oxygen atoms in total. The third-order valence-electron chi connectivity index (χ3n) is 3.19. The summed E-state index contributed by atoms with van der Waals surface area (Å²) < 4.78 is 0. The van der Waals surface area contributed by atoms with Gasteiger partial charge in [0.15, 0.2) is 0 Å². The van der Waals surface area contributed by atoms with Crippen molar-refractivity contribution in [2.45, 2.75) is 62.6 Å². The maximum absolute atomic E-state index is 9.51. The zero-order valence-electron chi connectivity index (χ0n) is 7.55. The van der Waals surface area contributed by atoms with Crippen LogP contribution in [0.5, 0.6) is 0 Å². The van der Waals surface area contributed by atoms with Crippen LogP contribution in [0.1, 0.15) is 51.4 Å². The second-order valence-electron chi connectivity index (χ2n) is 4.66. The lowest BCUT2D eigenvalue weighted by atomic mass is 10.1. The molecular formula is C10H18O2. The Kier molecular flexibility index (Phi) is 1.92. The van der Waals surface area contributed by atoms with Crippen LogP contribution < -0.4 is 0 Å². The Morgan fingerprint density at radius 3 is 1.33 bits per heavy atom. The van der Waals surface area contributed by atoms with Gasteiger partial charge in [0.2, 0.25) is 0 Å². The van der Waals surface area contributed by atoms with Crippen molar-refractivity contribution < 1.29 is 10.2 Å². The molecule has 0 heterocycles. The maximum Gasteiger partial charge on any atom is 0.0650 e. The highest BCUT2D eigenvalue weighted by atomic mass is 16.3. The van der Waals surface area contributed by atoms with Gasteiger partial charge in [0.25, 0.3) is 0 Å². The van der Waals surface area contributed by atoms with Gasteiger partial charge in [-0.25, -0.2) is 0 Å². The molecule has 0 saturated heterocycles. The Hall–Kier alpha value is -0.0800. The SMILES string of the molecule is OC1(CCCCC2(O)CC2)CC1. The van der Waals surface area contributed by atoms with E-state index < -0.39 is 0 Å². The minimum Gasteiger partial charge on any atom is -0.390 e. The molecule has 0 aliphatic heterocycles. The molecule has 0 radical (unpaired) electrons. The molecule has 0 unspecified atom stereocenters. The van der Waals surface area contributed by atoms with E-state index in [9.17, 15) is 10.2 Å². The summed E-state index contributed by atoms with van der Waals surface area (Å²) in [4.78, 5) is 0.